The number of piperidine rings is 1. The van der Waals surface area contributed by atoms with Crippen LogP contribution in [0.3, 0.4) is 0 Å². The molecule has 18 heavy (non-hydrogen) atoms. The van der Waals surface area contributed by atoms with E-state index in [-0.39, 0.29) is 24.0 Å². The van der Waals surface area contributed by atoms with Crippen LogP contribution in [0.1, 0.15) is 46.5 Å². The van der Waals surface area contributed by atoms with Crippen LogP contribution in [-0.2, 0) is 4.79 Å². The highest BCUT2D eigenvalue weighted by molar-refractivity contribution is 5.83. The fourth-order valence-electron chi connectivity index (χ4n) is 2.68. The lowest BCUT2D eigenvalue weighted by molar-refractivity contribution is -0.134. The lowest BCUT2D eigenvalue weighted by Crippen LogP contribution is -2.51. The number of hydrogen-bond acceptors (Lipinski definition) is 3. The van der Waals surface area contributed by atoms with Gasteiger partial charge in [0, 0.05) is 12.6 Å². The summed E-state index contributed by atoms with van der Waals surface area (Å²) >= 11 is 0. The molecule has 0 aromatic rings. The van der Waals surface area contributed by atoms with E-state index in [1.54, 1.807) is 0 Å². The third-order valence-corrected chi connectivity index (χ3v) is 4.28. The molecule has 3 N–H and O–H groups in total. The minimum atomic E-state index is -0.201. The number of carbonyl (C=O) groups is 1. The van der Waals surface area contributed by atoms with Gasteiger partial charge in [0.1, 0.15) is 0 Å². The number of rotatable bonds is 6. The third kappa shape index (κ3) is 3.69. The van der Waals surface area contributed by atoms with Crippen LogP contribution >= 0.6 is 0 Å². The van der Waals surface area contributed by atoms with Gasteiger partial charge in [0.15, 0.2) is 0 Å². The van der Waals surface area contributed by atoms with Crippen LogP contribution in [-0.4, -0.2) is 36.8 Å². The Labute approximate surface area is 111 Å². The molecule has 1 fully saturated rings. The Morgan fingerprint density at radius 1 is 1.39 bits per heavy atom. The molecule has 0 spiro atoms. The van der Waals surface area contributed by atoms with Gasteiger partial charge in [0.25, 0.3) is 0 Å². The van der Waals surface area contributed by atoms with Gasteiger partial charge in [0.05, 0.1) is 5.41 Å². The van der Waals surface area contributed by atoms with Crippen molar-refractivity contribution in [1.29, 1.82) is 0 Å². The van der Waals surface area contributed by atoms with Crippen molar-refractivity contribution >= 4 is 5.91 Å². The average molecular weight is 256 g/mol. The lowest BCUT2D eigenvalue weighted by Gasteiger charge is -2.37. The molecule has 1 atom stereocenters. The number of aliphatic hydroxyl groups is 1. The predicted octanol–water partition coefficient (Wildman–Crippen LogP) is 1.29. The van der Waals surface area contributed by atoms with Crippen LogP contribution in [0.5, 0.6) is 0 Å². The van der Waals surface area contributed by atoms with Crippen LogP contribution in [0.2, 0.25) is 0 Å². The summed E-state index contributed by atoms with van der Waals surface area (Å²) in [7, 11) is 0. The van der Waals surface area contributed by atoms with Crippen LogP contribution in [0.15, 0.2) is 0 Å². The molecule has 0 saturated carbocycles. The fraction of sp³-hybridized carbons (Fsp3) is 0.929. The molecule has 0 aromatic carbocycles. The third-order valence-electron chi connectivity index (χ3n) is 4.28. The van der Waals surface area contributed by atoms with E-state index in [0.29, 0.717) is 12.3 Å². The molecule has 4 heteroatoms. The lowest BCUT2D eigenvalue weighted by atomic mass is 9.75. The molecule has 106 valence electrons. The number of hydrogen-bond donors (Lipinski definition) is 3. The van der Waals surface area contributed by atoms with Crippen molar-refractivity contribution in [2.24, 2.45) is 11.3 Å². The van der Waals surface area contributed by atoms with Crippen LogP contribution in [0.4, 0.5) is 0 Å². The highest BCUT2D eigenvalue weighted by Crippen LogP contribution is 2.33. The number of nitrogens with one attached hydrogen (secondary N) is 2. The minimum absolute atomic E-state index is 0.0841. The first-order chi connectivity index (χ1) is 8.55. The summed E-state index contributed by atoms with van der Waals surface area (Å²) in [6.07, 6.45) is 3.37. The van der Waals surface area contributed by atoms with Gasteiger partial charge in [-0.2, -0.15) is 0 Å². The zero-order valence-corrected chi connectivity index (χ0v) is 12.0. The number of carbonyl (C=O) groups excluding carboxylic acids is 1. The molecule has 1 saturated heterocycles. The van der Waals surface area contributed by atoms with E-state index < -0.39 is 0 Å². The molecule has 0 aliphatic carbocycles. The molecular formula is C14H28N2O2. The topological polar surface area (TPSA) is 61.4 Å². The Balaban J connectivity index is 2.65. The van der Waals surface area contributed by atoms with Crippen molar-refractivity contribution in [3.05, 3.63) is 0 Å². The molecule has 1 heterocycles. The summed E-state index contributed by atoms with van der Waals surface area (Å²) in [5.41, 5.74) is -0.201. The number of amides is 1. The molecule has 0 bridgehead atoms. The summed E-state index contributed by atoms with van der Waals surface area (Å²) in [5, 5.41) is 15.5. The van der Waals surface area contributed by atoms with Gasteiger partial charge in [-0.15, -0.1) is 0 Å². The SMILES string of the molecule is CCC1(C(=O)NC(CCO)C(C)C)CCNCC1. The molecule has 1 aliphatic heterocycles. The van der Waals surface area contributed by atoms with Gasteiger partial charge in [-0.1, -0.05) is 20.8 Å². The average Bonchev–Trinajstić information content (AvgIpc) is 2.38. The van der Waals surface area contributed by atoms with E-state index in [9.17, 15) is 4.79 Å². The predicted molar refractivity (Wildman–Crippen MR) is 73.3 cm³/mol. The molecule has 1 rings (SSSR count). The second kappa shape index (κ2) is 7.10. The summed E-state index contributed by atoms with van der Waals surface area (Å²) in [5.74, 6) is 0.537. The second-order valence-corrected chi connectivity index (χ2v) is 5.72. The highest BCUT2D eigenvalue weighted by atomic mass is 16.3. The number of aliphatic hydroxyl groups excluding tert-OH is 1. The second-order valence-electron chi connectivity index (χ2n) is 5.72. The Morgan fingerprint density at radius 2 is 2.00 bits per heavy atom. The van der Waals surface area contributed by atoms with E-state index in [2.05, 4.69) is 31.4 Å². The molecule has 1 amide bonds. The van der Waals surface area contributed by atoms with Gasteiger partial charge in [-0.3, -0.25) is 4.79 Å². The van der Waals surface area contributed by atoms with Gasteiger partial charge in [-0.05, 0) is 44.7 Å². The Bertz CT molecular complexity index is 261. The zero-order chi connectivity index (χ0) is 13.6. The summed E-state index contributed by atoms with van der Waals surface area (Å²) in [4.78, 5) is 12.5. The van der Waals surface area contributed by atoms with Gasteiger partial charge < -0.3 is 15.7 Å². The maximum atomic E-state index is 12.5. The normalized spacial score (nSPS) is 20.7. The molecule has 4 nitrogen and oxygen atoms in total. The van der Waals surface area contributed by atoms with Gasteiger partial charge in [-0.25, -0.2) is 0 Å². The molecular weight excluding hydrogens is 228 g/mol. The monoisotopic (exact) mass is 256 g/mol. The van der Waals surface area contributed by atoms with Crippen LogP contribution in [0.25, 0.3) is 0 Å². The Kier molecular flexibility index (Phi) is 6.09. The van der Waals surface area contributed by atoms with E-state index in [4.69, 9.17) is 5.11 Å². The summed E-state index contributed by atoms with van der Waals surface area (Å²) in [6, 6.07) is 0.0841. The van der Waals surface area contributed by atoms with Crippen molar-refractivity contribution in [2.45, 2.75) is 52.5 Å². The van der Waals surface area contributed by atoms with Gasteiger partial charge >= 0.3 is 0 Å². The first kappa shape index (κ1) is 15.4. The smallest absolute Gasteiger partial charge is 0.226 e. The maximum absolute atomic E-state index is 12.5. The standard InChI is InChI=1S/C14H28N2O2/c1-4-14(6-8-15-9-7-14)13(18)16-12(5-10-17)11(2)3/h11-12,15,17H,4-10H2,1-3H3,(H,16,18). The summed E-state index contributed by atoms with van der Waals surface area (Å²) < 4.78 is 0. The molecule has 1 aliphatic rings. The molecule has 0 radical (unpaired) electrons. The van der Waals surface area contributed by atoms with E-state index in [1.807, 2.05) is 0 Å². The van der Waals surface area contributed by atoms with Crippen LogP contribution < -0.4 is 10.6 Å². The van der Waals surface area contributed by atoms with E-state index >= 15 is 0 Å². The van der Waals surface area contributed by atoms with Crippen molar-refractivity contribution < 1.29 is 9.90 Å². The zero-order valence-electron chi connectivity index (χ0n) is 12.0. The van der Waals surface area contributed by atoms with E-state index in [0.717, 1.165) is 32.4 Å². The Morgan fingerprint density at radius 3 is 2.44 bits per heavy atom. The van der Waals surface area contributed by atoms with Crippen molar-refractivity contribution in [2.75, 3.05) is 19.7 Å². The fourth-order valence-corrected chi connectivity index (χ4v) is 2.68. The molecule has 1 unspecified atom stereocenters. The summed E-state index contributed by atoms with van der Waals surface area (Å²) in [6.45, 7) is 8.25. The first-order valence-electron chi connectivity index (χ1n) is 7.18. The first-order valence-corrected chi connectivity index (χ1v) is 7.18. The Hall–Kier alpha value is -0.610. The van der Waals surface area contributed by atoms with Crippen molar-refractivity contribution in [3.63, 3.8) is 0 Å². The molecule has 0 aromatic heterocycles. The largest absolute Gasteiger partial charge is 0.396 e. The quantitative estimate of drug-likeness (QED) is 0.671. The van der Waals surface area contributed by atoms with E-state index in [1.165, 1.54) is 0 Å². The van der Waals surface area contributed by atoms with Gasteiger partial charge in [0.2, 0.25) is 5.91 Å². The minimum Gasteiger partial charge on any atom is -0.396 e. The van der Waals surface area contributed by atoms with Crippen molar-refractivity contribution in [1.82, 2.24) is 10.6 Å². The highest BCUT2D eigenvalue weighted by Gasteiger charge is 2.38. The van der Waals surface area contributed by atoms with Crippen molar-refractivity contribution in [3.8, 4) is 0 Å². The van der Waals surface area contributed by atoms with Crippen LogP contribution in [0, 0.1) is 11.3 Å². The maximum Gasteiger partial charge on any atom is 0.226 e.